The van der Waals surface area contributed by atoms with Gasteiger partial charge in [-0.2, -0.15) is 87.8 Å². The summed E-state index contributed by atoms with van der Waals surface area (Å²) in [6.07, 6.45) is -57.5. The van der Waals surface area contributed by atoms with E-state index in [1.165, 1.54) is 0 Å². The van der Waals surface area contributed by atoms with Crippen molar-refractivity contribution in [2.24, 2.45) is 0 Å². The van der Waals surface area contributed by atoms with Crippen molar-refractivity contribution >= 4 is 0 Å². The molecule has 80 heavy (non-hydrogen) atoms. The van der Waals surface area contributed by atoms with Crippen LogP contribution in [0.4, 0.5) is 87.8 Å². The van der Waals surface area contributed by atoms with E-state index in [4.69, 9.17) is 34.3 Å². The molecule has 21 nitrogen and oxygen atoms in total. The van der Waals surface area contributed by atoms with E-state index in [2.05, 4.69) is 52.1 Å². The van der Waals surface area contributed by atoms with E-state index in [0.717, 1.165) is 0 Å². The highest BCUT2D eigenvalue weighted by Crippen LogP contribution is 2.34. The van der Waals surface area contributed by atoms with Crippen molar-refractivity contribution < 1.29 is 190 Å². The minimum atomic E-state index is -5.07. The molecule has 0 radical (unpaired) electrons. The Bertz CT molecular complexity index is 1590. The van der Waals surface area contributed by atoms with Gasteiger partial charge in [-0.25, -0.2) is 0 Å². The summed E-state index contributed by atoms with van der Waals surface area (Å²) in [4.78, 5) is 0. The van der Waals surface area contributed by atoms with Crippen molar-refractivity contribution in [1.82, 2.24) is 0 Å². The van der Waals surface area contributed by atoms with Gasteiger partial charge in [0, 0.05) is 0 Å². The van der Waals surface area contributed by atoms with Crippen LogP contribution in [-0.2, 0) is 71.1 Å². The number of hydrogen-bond acceptors (Lipinski definition) is 21. The average Bonchev–Trinajstić information content (AvgIpc) is 3.28. The Balaban J connectivity index is 2.81. The normalized spacial score (nSPS) is 19.2. The quantitative estimate of drug-likeness (QED) is 0.0376. The molecule has 0 aromatic carbocycles. The summed E-state index contributed by atoms with van der Waals surface area (Å²) >= 11 is 0. The van der Waals surface area contributed by atoms with E-state index < -0.39 is 230 Å². The van der Waals surface area contributed by atoms with Crippen LogP contribution in [-0.4, -0.2) is 260 Å². The van der Waals surface area contributed by atoms with Gasteiger partial charge in [0.1, 0.15) is 84.4 Å². The standard InChI is InChI=1S/C39H58F20O21/c40-30(41,14-61)76-36(52,53)20-71-22-38(56,57)79-34(48,49)18-69-9-25(64)12-74-28-5-27(73-11-24(63)8-66-3-4-68-17-33(46,47)78-32(44,45)16-67-2-1-60)6-29(7-28)75-13-26(65)10-70-19-35(50,51)80-39(58,59)23-72-21-37(54,55)77-31(42,43)15-62/h24-29,60-65H,1-23H2. The summed E-state index contributed by atoms with van der Waals surface area (Å²) < 4.78 is 334. The summed E-state index contributed by atoms with van der Waals surface area (Å²) in [6, 6.07) is 0. The number of alkyl halides is 20. The van der Waals surface area contributed by atoms with Gasteiger partial charge in [-0.05, 0) is 19.3 Å². The van der Waals surface area contributed by atoms with E-state index in [1.807, 2.05) is 0 Å². The van der Waals surface area contributed by atoms with Crippen LogP contribution in [0.25, 0.3) is 0 Å². The van der Waals surface area contributed by atoms with Crippen LogP contribution in [0.3, 0.4) is 0 Å². The molecule has 5 unspecified atom stereocenters. The minimum Gasteiger partial charge on any atom is -0.394 e. The lowest BCUT2D eigenvalue weighted by Crippen LogP contribution is -2.43. The monoisotopic (exact) mass is 1240 g/mol. The topological polar surface area (TPSA) is 260 Å². The summed E-state index contributed by atoms with van der Waals surface area (Å²) in [5.74, 6) is 0. The molecule has 0 aromatic heterocycles. The second-order valence-corrected chi connectivity index (χ2v) is 16.7. The molecule has 1 rings (SSSR count). The minimum absolute atomic E-state index is 0.144. The van der Waals surface area contributed by atoms with Gasteiger partial charge in [-0.15, -0.1) is 0 Å². The molecule has 5 atom stereocenters. The molecule has 0 heterocycles. The van der Waals surface area contributed by atoms with Gasteiger partial charge in [-0.1, -0.05) is 0 Å². The van der Waals surface area contributed by atoms with Gasteiger partial charge in [0.2, 0.25) is 0 Å². The predicted molar refractivity (Wildman–Crippen MR) is 213 cm³/mol. The van der Waals surface area contributed by atoms with Crippen LogP contribution < -0.4 is 0 Å². The van der Waals surface area contributed by atoms with Crippen molar-refractivity contribution in [1.29, 1.82) is 0 Å². The highest BCUT2D eigenvalue weighted by atomic mass is 19.3. The molecule has 1 aliphatic rings. The van der Waals surface area contributed by atoms with Gasteiger partial charge < -0.3 is 78.0 Å². The fourth-order valence-electron chi connectivity index (χ4n) is 5.84. The number of rotatable bonds is 48. The number of ether oxygens (including phenoxy) is 15. The van der Waals surface area contributed by atoms with Crippen LogP contribution >= 0.6 is 0 Å². The number of aliphatic hydroxyl groups excluding tert-OH is 6. The summed E-state index contributed by atoms with van der Waals surface area (Å²) in [7, 11) is 0. The fourth-order valence-corrected chi connectivity index (χ4v) is 5.84. The second kappa shape index (κ2) is 34.0. The van der Waals surface area contributed by atoms with E-state index in [-0.39, 0.29) is 19.3 Å². The van der Waals surface area contributed by atoms with Crippen LogP contribution in [0.1, 0.15) is 19.3 Å². The first kappa shape index (κ1) is 75.8. The van der Waals surface area contributed by atoms with Gasteiger partial charge in [0.15, 0.2) is 0 Å². The number of hydrogen-bond donors (Lipinski definition) is 6. The van der Waals surface area contributed by atoms with E-state index in [9.17, 15) is 103 Å². The Hall–Kier alpha value is -2.24. The molecular weight excluding hydrogens is 1180 g/mol. The van der Waals surface area contributed by atoms with E-state index >= 15 is 0 Å². The molecule has 480 valence electrons. The molecule has 0 amide bonds. The van der Waals surface area contributed by atoms with Crippen LogP contribution in [0.2, 0.25) is 0 Å². The molecular formula is C39H58F20O21. The lowest BCUT2D eigenvalue weighted by atomic mass is 9.92. The second-order valence-electron chi connectivity index (χ2n) is 16.7. The van der Waals surface area contributed by atoms with Gasteiger partial charge in [-0.3, -0.25) is 23.7 Å². The van der Waals surface area contributed by atoms with Crippen LogP contribution in [0, 0.1) is 0 Å². The third kappa shape index (κ3) is 37.2. The zero-order valence-corrected chi connectivity index (χ0v) is 41.1. The first-order chi connectivity index (χ1) is 36.5. The van der Waals surface area contributed by atoms with Crippen molar-refractivity contribution in [2.45, 2.75) is 117 Å². The maximum Gasteiger partial charge on any atom is 0.383 e. The molecule has 0 saturated heterocycles. The third-order valence-electron chi connectivity index (χ3n) is 8.71. The maximum absolute atomic E-state index is 14.1. The smallest absolute Gasteiger partial charge is 0.383 e. The Morgan fingerprint density at radius 3 is 0.787 bits per heavy atom. The van der Waals surface area contributed by atoms with Gasteiger partial charge in [0.25, 0.3) is 0 Å². The summed E-state index contributed by atoms with van der Waals surface area (Å²) in [6.45, 7) is -28.7. The zero-order chi connectivity index (χ0) is 61.3. The van der Waals surface area contributed by atoms with Crippen molar-refractivity contribution in [3.05, 3.63) is 0 Å². The molecule has 0 bridgehead atoms. The van der Waals surface area contributed by atoms with Crippen molar-refractivity contribution in [2.75, 3.05) is 132 Å². The van der Waals surface area contributed by atoms with Crippen molar-refractivity contribution in [3.63, 3.8) is 0 Å². The maximum atomic E-state index is 14.1. The first-order valence-electron chi connectivity index (χ1n) is 22.6. The number of aliphatic hydroxyl groups is 6. The summed E-state index contributed by atoms with van der Waals surface area (Å²) in [5, 5.41) is 56.0. The third-order valence-corrected chi connectivity index (χ3v) is 8.71. The lowest BCUT2D eigenvalue weighted by molar-refractivity contribution is -0.411. The van der Waals surface area contributed by atoms with Gasteiger partial charge >= 0.3 is 61.1 Å². The Labute approximate surface area is 438 Å². The Kier molecular flexibility index (Phi) is 32.2. The summed E-state index contributed by atoms with van der Waals surface area (Å²) in [5.41, 5.74) is 0. The largest absolute Gasteiger partial charge is 0.394 e. The first-order valence-corrected chi connectivity index (χ1v) is 22.6. The zero-order valence-electron chi connectivity index (χ0n) is 41.1. The molecule has 41 heteroatoms. The number of halogens is 20. The van der Waals surface area contributed by atoms with Crippen molar-refractivity contribution in [3.8, 4) is 0 Å². The molecule has 6 N–H and O–H groups in total. The fraction of sp³-hybridized carbons (Fsp3) is 1.00. The van der Waals surface area contributed by atoms with Crippen LogP contribution in [0.15, 0.2) is 0 Å². The lowest BCUT2D eigenvalue weighted by Gasteiger charge is -2.35. The Morgan fingerprint density at radius 2 is 0.512 bits per heavy atom. The molecule has 1 aliphatic carbocycles. The molecule has 0 aromatic rings. The molecule has 0 aliphatic heterocycles. The van der Waals surface area contributed by atoms with E-state index in [0.29, 0.717) is 0 Å². The predicted octanol–water partition coefficient (Wildman–Crippen LogP) is 3.51. The average molecular weight is 1240 g/mol. The SMILES string of the molecule is OCCOCC(F)(F)OC(F)(F)COCCOCC(O)COC1CC(OCC(O)COCC(F)(F)OC(F)(F)COCC(F)(F)OC(F)(F)CO)CC(OCC(O)COCC(F)(F)OC(F)(F)COCC(F)(F)OC(F)(F)CO)C1. The van der Waals surface area contributed by atoms with E-state index in [1.54, 1.807) is 0 Å². The Morgan fingerprint density at radius 1 is 0.287 bits per heavy atom. The molecule has 1 fully saturated rings. The highest BCUT2D eigenvalue weighted by Gasteiger charge is 2.50. The molecule has 1 saturated carbocycles. The van der Waals surface area contributed by atoms with Gasteiger partial charge in [0.05, 0.1) is 84.4 Å². The highest BCUT2D eigenvalue weighted by molar-refractivity contribution is 4.82. The van der Waals surface area contributed by atoms with Crippen LogP contribution in [0.5, 0.6) is 0 Å². The molecule has 0 spiro atoms.